The van der Waals surface area contributed by atoms with Crippen LogP contribution in [0.5, 0.6) is 11.5 Å². The predicted molar refractivity (Wildman–Crippen MR) is 137 cm³/mol. The molecule has 0 fully saturated rings. The first-order valence-corrected chi connectivity index (χ1v) is 11.5. The van der Waals surface area contributed by atoms with Crippen molar-refractivity contribution < 1.29 is 23.1 Å². The van der Waals surface area contributed by atoms with E-state index in [1.165, 1.54) is 19.4 Å². The summed E-state index contributed by atoms with van der Waals surface area (Å²) in [5.41, 5.74) is 4.97. The Bertz CT molecular complexity index is 1410. The molecule has 0 aliphatic heterocycles. The van der Waals surface area contributed by atoms with Gasteiger partial charge in [0.2, 0.25) is 0 Å². The molecule has 35 heavy (non-hydrogen) atoms. The minimum atomic E-state index is -0.475. The van der Waals surface area contributed by atoms with Crippen LogP contribution in [-0.4, -0.2) is 19.2 Å². The highest BCUT2D eigenvalue weighted by Crippen LogP contribution is 2.34. The summed E-state index contributed by atoms with van der Waals surface area (Å²) in [4.78, 5) is 12.5. The average Bonchev–Trinajstić information content (AvgIpc) is 3.27. The fourth-order valence-corrected chi connectivity index (χ4v) is 3.87. The molecular weight excluding hydrogens is 515 g/mol. The van der Waals surface area contributed by atoms with Gasteiger partial charge < -0.3 is 13.9 Å². The van der Waals surface area contributed by atoms with Gasteiger partial charge >= 0.3 is 5.91 Å². The average molecular weight is 537 g/mol. The van der Waals surface area contributed by atoms with E-state index in [1.54, 1.807) is 42.5 Å². The van der Waals surface area contributed by atoms with Crippen molar-refractivity contribution in [2.75, 3.05) is 7.11 Å². The minimum absolute atomic E-state index is 0.0464. The molecule has 4 aromatic rings. The van der Waals surface area contributed by atoms with Crippen LogP contribution in [0.4, 0.5) is 4.39 Å². The molecular formula is C27H22BrFN2O4. The van der Waals surface area contributed by atoms with Crippen molar-refractivity contribution in [1.82, 2.24) is 5.43 Å². The Kier molecular flexibility index (Phi) is 7.62. The summed E-state index contributed by atoms with van der Waals surface area (Å²) in [6, 6.07) is 17.1. The number of nitrogens with one attached hydrogen (secondary N) is 1. The maximum absolute atomic E-state index is 14.0. The summed E-state index contributed by atoms with van der Waals surface area (Å²) in [6.45, 7) is 3.84. The molecule has 3 aromatic carbocycles. The lowest BCUT2D eigenvalue weighted by molar-refractivity contribution is 0.0929. The second-order valence-corrected chi connectivity index (χ2v) is 8.49. The Balaban J connectivity index is 1.51. The highest BCUT2D eigenvalue weighted by molar-refractivity contribution is 9.10. The summed E-state index contributed by atoms with van der Waals surface area (Å²) in [7, 11) is 1.52. The lowest BCUT2D eigenvalue weighted by Gasteiger charge is -2.16. The van der Waals surface area contributed by atoms with Crippen LogP contribution in [0.2, 0.25) is 0 Å². The third kappa shape index (κ3) is 5.78. The van der Waals surface area contributed by atoms with Crippen LogP contribution < -0.4 is 14.9 Å². The molecule has 0 bridgehead atoms. The van der Waals surface area contributed by atoms with Gasteiger partial charge in [0.25, 0.3) is 0 Å². The number of ether oxygens (including phenoxy) is 2. The number of carbonyl (C=O) groups excluding carboxylic acids is 1. The molecule has 6 nitrogen and oxygen atoms in total. The topological polar surface area (TPSA) is 73.1 Å². The number of nitrogens with zero attached hydrogens (tertiary/aromatic N) is 1. The van der Waals surface area contributed by atoms with E-state index in [9.17, 15) is 9.18 Å². The SMILES string of the molecule is C=CCc1cc(/C=N/NC(=O)c2cc3cc(Br)ccc3o2)cc(OC)c1OCc1ccccc1F. The Labute approximate surface area is 210 Å². The molecule has 0 aliphatic rings. The number of carbonyl (C=O) groups is 1. The molecule has 0 spiro atoms. The minimum Gasteiger partial charge on any atom is -0.493 e. The fourth-order valence-electron chi connectivity index (χ4n) is 3.49. The van der Waals surface area contributed by atoms with E-state index in [0.717, 1.165) is 15.4 Å². The normalized spacial score (nSPS) is 11.1. The second kappa shape index (κ2) is 11.0. The van der Waals surface area contributed by atoms with Gasteiger partial charge in [0.1, 0.15) is 18.0 Å². The van der Waals surface area contributed by atoms with Gasteiger partial charge in [-0.05, 0) is 54.4 Å². The lowest BCUT2D eigenvalue weighted by Crippen LogP contribution is -2.16. The number of amides is 1. The van der Waals surface area contributed by atoms with Crippen molar-refractivity contribution >= 4 is 39.0 Å². The maximum atomic E-state index is 14.0. The van der Waals surface area contributed by atoms with Crippen LogP contribution >= 0.6 is 15.9 Å². The molecule has 0 atom stereocenters. The van der Waals surface area contributed by atoms with Crippen LogP contribution in [0.3, 0.4) is 0 Å². The van der Waals surface area contributed by atoms with Gasteiger partial charge in [-0.25, -0.2) is 9.82 Å². The summed E-state index contributed by atoms with van der Waals surface area (Å²) < 4.78 is 31.9. The Morgan fingerprint density at radius 3 is 2.77 bits per heavy atom. The van der Waals surface area contributed by atoms with Crippen LogP contribution in [0.25, 0.3) is 11.0 Å². The summed E-state index contributed by atoms with van der Waals surface area (Å²) in [5, 5.41) is 4.86. The van der Waals surface area contributed by atoms with Crippen molar-refractivity contribution in [2.45, 2.75) is 13.0 Å². The Morgan fingerprint density at radius 2 is 2.00 bits per heavy atom. The van der Waals surface area contributed by atoms with E-state index in [0.29, 0.717) is 34.6 Å². The lowest BCUT2D eigenvalue weighted by atomic mass is 10.1. The van der Waals surface area contributed by atoms with E-state index in [1.807, 2.05) is 18.2 Å². The highest BCUT2D eigenvalue weighted by Gasteiger charge is 2.15. The zero-order valence-corrected chi connectivity index (χ0v) is 20.5. The number of rotatable bonds is 9. The van der Waals surface area contributed by atoms with Crippen molar-refractivity contribution in [3.63, 3.8) is 0 Å². The van der Waals surface area contributed by atoms with Crippen LogP contribution in [0.15, 0.2) is 87.3 Å². The number of hydrogen-bond acceptors (Lipinski definition) is 5. The first-order valence-electron chi connectivity index (χ1n) is 10.7. The smallest absolute Gasteiger partial charge is 0.307 e. The van der Waals surface area contributed by atoms with Gasteiger partial charge in [0, 0.05) is 21.0 Å². The molecule has 1 aromatic heterocycles. The quantitative estimate of drug-likeness (QED) is 0.152. The van der Waals surface area contributed by atoms with Crippen LogP contribution in [0.1, 0.15) is 27.2 Å². The molecule has 0 saturated heterocycles. The third-order valence-corrected chi connectivity index (χ3v) is 5.64. The Hall–Kier alpha value is -3.91. The van der Waals surface area contributed by atoms with Crippen molar-refractivity contribution in [3.8, 4) is 11.5 Å². The number of fused-ring (bicyclic) bond motifs is 1. The first kappa shape index (κ1) is 24.2. The number of hydrazone groups is 1. The van der Waals surface area contributed by atoms with Gasteiger partial charge in [-0.2, -0.15) is 5.10 Å². The summed E-state index contributed by atoms with van der Waals surface area (Å²) >= 11 is 3.40. The second-order valence-electron chi connectivity index (χ2n) is 7.58. The van der Waals surface area contributed by atoms with Gasteiger partial charge in [0.15, 0.2) is 17.3 Å². The van der Waals surface area contributed by atoms with Crippen LogP contribution in [-0.2, 0) is 13.0 Å². The molecule has 4 rings (SSSR count). The molecule has 0 unspecified atom stereocenters. The molecule has 0 aliphatic carbocycles. The predicted octanol–water partition coefficient (Wildman–Crippen LogP) is 6.41. The van der Waals surface area contributed by atoms with Gasteiger partial charge in [0.05, 0.1) is 13.3 Å². The zero-order valence-electron chi connectivity index (χ0n) is 18.9. The van der Waals surface area contributed by atoms with Crippen LogP contribution in [0, 0.1) is 5.82 Å². The highest BCUT2D eigenvalue weighted by atomic mass is 79.9. The molecule has 0 radical (unpaired) electrons. The molecule has 1 heterocycles. The summed E-state index contributed by atoms with van der Waals surface area (Å²) in [6.07, 6.45) is 3.71. The first-order chi connectivity index (χ1) is 17.0. The van der Waals surface area contributed by atoms with Crippen molar-refractivity contribution in [2.24, 2.45) is 5.10 Å². The largest absolute Gasteiger partial charge is 0.493 e. The molecule has 178 valence electrons. The molecule has 1 amide bonds. The standard InChI is InChI=1S/C27H22BrFN2O4/c1-3-6-18-11-17(12-24(33-2)26(18)34-16-19-7-4-5-8-22(19)29)15-30-31-27(32)25-14-20-13-21(28)9-10-23(20)35-25/h3-5,7-15H,1,6,16H2,2H3,(H,31,32)/b30-15+. The molecule has 1 N–H and O–H groups in total. The Morgan fingerprint density at radius 1 is 1.17 bits per heavy atom. The number of methoxy groups -OCH3 is 1. The van der Waals surface area contributed by atoms with Gasteiger partial charge in [-0.1, -0.05) is 40.2 Å². The third-order valence-electron chi connectivity index (χ3n) is 5.15. The number of benzene rings is 3. The van der Waals surface area contributed by atoms with E-state index < -0.39 is 5.91 Å². The van der Waals surface area contributed by atoms with Crippen molar-refractivity contribution in [3.05, 3.63) is 106 Å². The number of furan rings is 1. The van der Waals surface area contributed by atoms with Crippen molar-refractivity contribution in [1.29, 1.82) is 0 Å². The van der Waals surface area contributed by atoms with Gasteiger partial charge in [-0.15, -0.1) is 6.58 Å². The van der Waals surface area contributed by atoms with E-state index in [4.69, 9.17) is 13.9 Å². The maximum Gasteiger partial charge on any atom is 0.307 e. The number of allylic oxidation sites excluding steroid dienone is 1. The zero-order chi connectivity index (χ0) is 24.8. The number of halogens is 2. The van der Waals surface area contributed by atoms with E-state index >= 15 is 0 Å². The molecule has 8 heteroatoms. The monoisotopic (exact) mass is 536 g/mol. The fraction of sp³-hybridized carbons (Fsp3) is 0.111. The van der Waals surface area contributed by atoms with E-state index in [-0.39, 0.29) is 18.2 Å². The summed E-state index contributed by atoms with van der Waals surface area (Å²) in [5.74, 6) is 0.281. The number of hydrogen-bond donors (Lipinski definition) is 1. The van der Waals surface area contributed by atoms with Gasteiger partial charge in [-0.3, -0.25) is 4.79 Å². The van der Waals surface area contributed by atoms with E-state index in [2.05, 4.69) is 33.0 Å². The molecule has 0 saturated carbocycles.